The van der Waals surface area contributed by atoms with E-state index in [-0.39, 0.29) is 6.04 Å². The maximum absolute atomic E-state index is 4.40. The third-order valence-corrected chi connectivity index (χ3v) is 3.63. The maximum Gasteiger partial charge on any atom is 0.254 e. The van der Waals surface area contributed by atoms with Gasteiger partial charge in [-0.25, -0.2) is 4.98 Å². The van der Waals surface area contributed by atoms with Crippen molar-refractivity contribution < 1.29 is 0 Å². The van der Waals surface area contributed by atoms with Crippen LogP contribution < -0.4 is 4.90 Å². The maximum atomic E-state index is 4.40. The molecule has 21 heavy (non-hydrogen) atoms. The van der Waals surface area contributed by atoms with Crippen LogP contribution in [0.3, 0.4) is 0 Å². The van der Waals surface area contributed by atoms with Crippen LogP contribution in [0.1, 0.15) is 31.1 Å². The van der Waals surface area contributed by atoms with Gasteiger partial charge in [-0.15, -0.1) is 0 Å². The molecule has 1 atom stereocenters. The van der Waals surface area contributed by atoms with Crippen LogP contribution in [0.2, 0.25) is 0 Å². The Labute approximate surface area is 123 Å². The summed E-state index contributed by atoms with van der Waals surface area (Å²) in [6.07, 6.45) is 5.23. The van der Waals surface area contributed by atoms with Crippen molar-refractivity contribution in [3.8, 4) is 0 Å². The Morgan fingerprint density at radius 2 is 2.24 bits per heavy atom. The Kier molecular flexibility index (Phi) is 3.51. The molecule has 6 heteroatoms. The summed E-state index contributed by atoms with van der Waals surface area (Å²) in [5, 5.41) is 4.29. The molecule has 0 N–H and O–H groups in total. The minimum atomic E-state index is 0.192. The molecule has 3 aromatic rings. The summed E-state index contributed by atoms with van der Waals surface area (Å²) in [6.45, 7) is 7.12. The predicted octanol–water partition coefficient (Wildman–Crippen LogP) is 2.42. The van der Waals surface area contributed by atoms with Gasteiger partial charge in [0.05, 0.1) is 6.04 Å². The number of nitrogens with zero attached hydrogens (tertiary/aromatic N) is 6. The highest BCUT2D eigenvalue weighted by Gasteiger charge is 2.19. The monoisotopic (exact) mass is 282 g/mol. The highest BCUT2D eigenvalue weighted by atomic mass is 15.4. The minimum Gasteiger partial charge on any atom is -0.350 e. The first-order valence-corrected chi connectivity index (χ1v) is 7.04. The highest BCUT2D eigenvalue weighted by Crippen LogP contribution is 2.26. The standard InChI is InChI=1S/C15H18N6/c1-4-20(12(3)13-6-5-7-16-9-13)14-8-11(2)19-15-17-10-18-21(14)15/h5-10,12H,4H2,1-3H3. The first-order chi connectivity index (χ1) is 10.2. The predicted molar refractivity (Wildman–Crippen MR) is 81.2 cm³/mol. The van der Waals surface area contributed by atoms with Gasteiger partial charge >= 0.3 is 0 Å². The fourth-order valence-corrected chi connectivity index (χ4v) is 2.55. The topological polar surface area (TPSA) is 59.2 Å². The average Bonchev–Trinajstić information content (AvgIpc) is 2.96. The molecule has 108 valence electrons. The molecule has 0 aliphatic heterocycles. The summed E-state index contributed by atoms with van der Waals surface area (Å²) >= 11 is 0. The fraction of sp³-hybridized carbons (Fsp3) is 0.333. The van der Waals surface area contributed by atoms with Crippen LogP contribution in [0.25, 0.3) is 5.78 Å². The number of aryl methyl sites for hydroxylation is 1. The van der Waals surface area contributed by atoms with Gasteiger partial charge in [0.15, 0.2) is 0 Å². The molecule has 1 unspecified atom stereocenters. The Balaban J connectivity index is 2.08. The molecule has 0 aliphatic rings. The summed E-state index contributed by atoms with van der Waals surface area (Å²) in [6, 6.07) is 6.28. The van der Waals surface area contributed by atoms with Gasteiger partial charge < -0.3 is 4.90 Å². The second-order valence-electron chi connectivity index (χ2n) is 4.98. The summed E-state index contributed by atoms with van der Waals surface area (Å²) in [4.78, 5) is 15.1. The van der Waals surface area contributed by atoms with Crippen molar-refractivity contribution in [2.24, 2.45) is 0 Å². The van der Waals surface area contributed by atoms with Crippen molar-refractivity contribution in [3.63, 3.8) is 0 Å². The first kappa shape index (κ1) is 13.5. The average molecular weight is 282 g/mol. The molecule has 0 fully saturated rings. The number of hydrogen-bond donors (Lipinski definition) is 0. The van der Waals surface area contributed by atoms with Crippen molar-refractivity contribution in [3.05, 3.63) is 48.2 Å². The number of rotatable bonds is 4. The van der Waals surface area contributed by atoms with Crippen molar-refractivity contribution >= 4 is 11.6 Å². The highest BCUT2D eigenvalue weighted by molar-refractivity contribution is 5.48. The molecule has 6 nitrogen and oxygen atoms in total. The molecule has 3 rings (SSSR count). The number of fused-ring (bicyclic) bond motifs is 1. The lowest BCUT2D eigenvalue weighted by Crippen LogP contribution is -2.29. The van der Waals surface area contributed by atoms with Crippen molar-refractivity contribution in [1.82, 2.24) is 24.6 Å². The van der Waals surface area contributed by atoms with Crippen LogP contribution in [0.4, 0.5) is 5.82 Å². The van der Waals surface area contributed by atoms with Gasteiger partial charge in [-0.1, -0.05) is 6.07 Å². The lowest BCUT2D eigenvalue weighted by atomic mass is 10.1. The molecule has 3 aromatic heterocycles. The van der Waals surface area contributed by atoms with Gasteiger partial charge in [-0.05, 0) is 32.4 Å². The van der Waals surface area contributed by atoms with Gasteiger partial charge in [0.1, 0.15) is 12.1 Å². The number of hydrogen-bond acceptors (Lipinski definition) is 5. The Hall–Kier alpha value is -2.50. The number of anilines is 1. The van der Waals surface area contributed by atoms with E-state index in [1.54, 1.807) is 10.7 Å². The second-order valence-corrected chi connectivity index (χ2v) is 4.98. The normalized spacial score (nSPS) is 12.5. The fourth-order valence-electron chi connectivity index (χ4n) is 2.55. The van der Waals surface area contributed by atoms with E-state index in [1.165, 1.54) is 11.9 Å². The molecular formula is C15H18N6. The SMILES string of the molecule is CCN(c1cc(C)nc2ncnn12)C(C)c1cccnc1. The van der Waals surface area contributed by atoms with Gasteiger partial charge in [0.25, 0.3) is 5.78 Å². The molecule has 0 spiro atoms. The van der Waals surface area contributed by atoms with E-state index in [0.717, 1.165) is 18.1 Å². The van der Waals surface area contributed by atoms with Crippen LogP contribution in [-0.4, -0.2) is 31.1 Å². The second kappa shape index (κ2) is 5.47. The Morgan fingerprint density at radius 3 is 2.95 bits per heavy atom. The zero-order valence-electron chi connectivity index (χ0n) is 12.4. The summed E-state index contributed by atoms with van der Waals surface area (Å²) in [7, 11) is 0. The van der Waals surface area contributed by atoms with E-state index < -0.39 is 0 Å². The molecule has 0 bridgehead atoms. The van der Waals surface area contributed by atoms with E-state index in [9.17, 15) is 0 Å². The minimum absolute atomic E-state index is 0.192. The molecule has 0 saturated heterocycles. The lowest BCUT2D eigenvalue weighted by Gasteiger charge is -2.30. The molecule has 0 saturated carbocycles. The third kappa shape index (κ3) is 2.44. The zero-order chi connectivity index (χ0) is 14.8. The van der Waals surface area contributed by atoms with E-state index in [4.69, 9.17) is 0 Å². The first-order valence-electron chi connectivity index (χ1n) is 7.04. The molecule has 3 heterocycles. The lowest BCUT2D eigenvalue weighted by molar-refractivity contribution is 0.662. The van der Waals surface area contributed by atoms with E-state index >= 15 is 0 Å². The Bertz CT molecular complexity index is 736. The van der Waals surface area contributed by atoms with Crippen LogP contribution in [0.15, 0.2) is 36.9 Å². The molecule has 0 aromatic carbocycles. The van der Waals surface area contributed by atoms with Gasteiger partial charge in [-0.2, -0.15) is 14.6 Å². The largest absolute Gasteiger partial charge is 0.350 e. The number of aromatic nitrogens is 5. The number of pyridine rings is 1. The van der Waals surface area contributed by atoms with Crippen LogP contribution in [0, 0.1) is 6.92 Å². The Morgan fingerprint density at radius 1 is 1.38 bits per heavy atom. The van der Waals surface area contributed by atoms with E-state index in [1.807, 2.05) is 25.3 Å². The molecular weight excluding hydrogens is 264 g/mol. The van der Waals surface area contributed by atoms with Crippen LogP contribution in [-0.2, 0) is 0 Å². The summed E-state index contributed by atoms with van der Waals surface area (Å²) < 4.78 is 1.78. The quantitative estimate of drug-likeness (QED) is 0.735. The van der Waals surface area contributed by atoms with Crippen LogP contribution in [0.5, 0.6) is 0 Å². The van der Waals surface area contributed by atoms with E-state index in [2.05, 4.69) is 44.9 Å². The van der Waals surface area contributed by atoms with Gasteiger partial charge in [-0.3, -0.25) is 4.98 Å². The van der Waals surface area contributed by atoms with Crippen molar-refractivity contribution in [1.29, 1.82) is 0 Å². The molecule has 0 aliphatic carbocycles. The smallest absolute Gasteiger partial charge is 0.254 e. The van der Waals surface area contributed by atoms with Gasteiger partial charge in [0, 0.05) is 30.7 Å². The van der Waals surface area contributed by atoms with Crippen LogP contribution >= 0.6 is 0 Å². The van der Waals surface area contributed by atoms with Crippen molar-refractivity contribution in [2.45, 2.75) is 26.8 Å². The summed E-state index contributed by atoms with van der Waals surface area (Å²) in [5.41, 5.74) is 2.10. The molecule has 0 amide bonds. The van der Waals surface area contributed by atoms with Crippen molar-refractivity contribution in [2.75, 3.05) is 11.4 Å². The summed E-state index contributed by atoms with van der Waals surface area (Å²) in [5.74, 6) is 1.62. The molecule has 0 radical (unpaired) electrons. The van der Waals surface area contributed by atoms with E-state index in [0.29, 0.717) is 5.78 Å². The third-order valence-electron chi connectivity index (χ3n) is 3.63. The van der Waals surface area contributed by atoms with Gasteiger partial charge in [0.2, 0.25) is 0 Å². The zero-order valence-corrected chi connectivity index (χ0v) is 12.4.